The number of rotatable bonds is 1. The van der Waals surface area contributed by atoms with Crippen LogP contribution in [0.1, 0.15) is 25.0 Å². The summed E-state index contributed by atoms with van der Waals surface area (Å²) in [5, 5.41) is 3.73. The van der Waals surface area contributed by atoms with E-state index in [1.807, 2.05) is 25.9 Å². The van der Waals surface area contributed by atoms with Crippen LogP contribution in [-0.2, 0) is 4.79 Å². The van der Waals surface area contributed by atoms with E-state index in [-0.39, 0.29) is 11.4 Å². The highest BCUT2D eigenvalue weighted by molar-refractivity contribution is 6.34. The molecular formula is C13H19BN2O. The fourth-order valence-corrected chi connectivity index (χ4v) is 2.16. The molecule has 1 heterocycles. The topological polar surface area (TPSA) is 23.6 Å². The van der Waals surface area contributed by atoms with Gasteiger partial charge in [-0.05, 0) is 39.8 Å². The predicted molar refractivity (Wildman–Crippen MR) is 73.4 cm³/mol. The Morgan fingerprint density at radius 3 is 2.06 bits per heavy atom. The number of aryl methyl sites for hydroxylation is 2. The third kappa shape index (κ3) is 1.59. The molecule has 0 saturated carbocycles. The van der Waals surface area contributed by atoms with Gasteiger partial charge in [0.1, 0.15) is 13.4 Å². The molecule has 1 aromatic rings. The maximum Gasteiger partial charge on any atom is 0.263 e. The highest BCUT2D eigenvalue weighted by Crippen LogP contribution is 2.34. The second-order valence-corrected chi connectivity index (χ2v) is 5.40. The molecule has 0 spiro atoms. The van der Waals surface area contributed by atoms with Crippen molar-refractivity contribution in [2.75, 3.05) is 12.1 Å². The number of anilines is 1. The molecule has 0 bridgehead atoms. The summed E-state index contributed by atoms with van der Waals surface area (Å²) in [6.07, 6.45) is 0. The minimum atomic E-state index is -0.382. The number of likely N-dealkylation sites (N-methyl/N-ethyl adjacent to an activating group) is 1. The highest BCUT2D eigenvalue weighted by atomic mass is 16.2. The quantitative estimate of drug-likeness (QED) is 0.657. The summed E-state index contributed by atoms with van der Waals surface area (Å²) in [5.41, 5.74) is 4.34. The monoisotopic (exact) mass is 230 g/mol. The van der Waals surface area contributed by atoms with Crippen LogP contribution in [-0.4, -0.2) is 31.3 Å². The van der Waals surface area contributed by atoms with Crippen molar-refractivity contribution in [3.63, 3.8) is 0 Å². The zero-order valence-corrected chi connectivity index (χ0v) is 11.5. The molecule has 1 amide bonds. The van der Waals surface area contributed by atoms with Gasteiger partial charge >= 0.3 is 0 Å². The van der Waals surface area contributed by atoms with Crippen molar-refractivity contribution >= 4 is 24.9 Å². The van der Waals surface area contributed by atoms with Gasteiger partial charge in [-0.2, -0.15) is 0 Å². The van der Waals surface area contributed by atoms with Gasteiger partial charge in [0.15, 0.2) is 0 Å². The molecule has 90 valence electrons. The molecule has 1 aliphatic rings. The molecule has 4 heteroatoms. The SMILES string of the molecule is Bc1c(C)cc(N2C(=O)C(C)(C)N2C)cc1C. The van der Waals surface area contributed by atoms with Crippen LogP contribution in [0.4, 0.5) is 5.69 Å². The van der Waals surface area contributed by atoms with Crippen LogP contribution in [0.25, 0.3) is 0 Å². The maximum absolute atomic E-state index is 12.1. The Kier molecular flexibility index (Phi) is 2.58. The summed E-state index contributed by atoms with van der Waals surface area (Å²) in [4.78, 5) is 12.1. The van der Waals surface area contributed by atoms with E-state index >= 15 is 0 Å². The van der Waals surface area contributed by atoms with E-state index in [9.17, 15) is 4.79 Å². The van der Waals surface area contributed by atoms with Crippen molar-refractivity contribution in [2.24, 2.45) is 0 Å². The molecule has 0 N–H and O–H groups in total. The Balaban J connectivity index is 2.41. The summed E-state index contributed by atoms with van der Waals surface area (Å²) >= 11 is 0. The zero-order chi connectivity index (χ0) is 13.0. The molecule has 0 radical (unpaired) electrons. The van der Waals surface area contributed by atoms with E-state index in [2.05, 4.69) is 33.8 Å². The van der Waals surface area contributed by atoms with E-state index in [0.29, 0.717) is 0 Å². The van der Waals surface area contributed by atoms with Crippen LogP contribution in [0.15, 0.2) is 12.1 Å². The molecule has 0 aliphatic carbocycles. The van der Waals surface area contributed by atoms with Crippen molar-refractivity contribution in [3.8, 4) is 0 Å². The van der Waals surface area contributed by atoms with Crippen LogP contribution in [0.2, 0.25) is 0 Å². The van der Waals surface area contributed by atoms with Crippen LogP contribution in [0.5, 0.6) is 0 Å². The van der Waals surface area contributed by atoms with Gasteiger partial charge in [-0.3, -0.25) is 4.79 Å². The van der Waals surface area contributed by atoms with Crippen LogP contribution < -0.4 is 10.5 Å². The van der Waals surface area contributed by atoms with Crippen molar-refractivity contribution < 1.29 is 4.79 Å². The number of benzene rings is 1. The van der Waals surface area contributed by atoms with E-state index in [4.69, 9.17) is 0 Å². The van der Waals surface area contributed by atoms with Gasteiger partial charge in [0.25, 0.3) is 5.91 Å². The van der Waals surface area contributed by atoms with Gasteiger partial charge in [0.2, 0.25) is 0 Å². The molecule has 2 rings (SSSR count). The minimum Gasteiger partial charge on any atom is -0.271 e. The molecule has 1 fully saturated rings. The van der Waals surface area contributed by atoms with E-state index in [1.165, 1.54) is 16.6 Å². The van der Waals surface area contributed by atoms with E-state index in [0.717, 1.165) is 5.69 Å². The number of hydrogen-bond acceptors (Lipinski definition) is 2. The summed E-state index contributed by atoms with van der Waals surface area (Å²) < 4.78 is 0. The predicted octanol–water partition coefficient (Wildman–Crippen LogP) is 0.534. The van der Waals surface area contributed by atoms with Crippen LogP contribution in [0, 0.1) is 13.8 Å². The highest BCUT2D eigenvalue weighted by Gasteiger charge is 2.50. The Hall–Kier alpha value is -1.29. The largest absolute Gasteiger partial charge is 0.271 e. The van der Waals surface area contributed by atoms with E-state index in [1.54, 1.807) is 5.01 Å². The normalized spacial score (nSPS) is 19.4. The van der Waals surface area contributed by atoms with Gasteiger partial charge in [-0.25, -0.2) is 10.0 Å². The zero-order valence-electron chi connectivity index (χ0n) is 11.5. The lowest BCUT2D eigenvalue weighted by Gasteiger charge is -2.53. The second-order valence-electron chi connectivity index (χ2n) is 5.40. The summed E-state index contributed by atoms with van der Waals surface area (Å²) in [7, 11) is 4.06. The van der Waals surface area contributed by atoms with Gasteiger partial charge in [0.05, 0.1) is 5.69 Å². The number of hydrazine groups is 1. The lowest BCUT2D eigenvalue weighted by molar-refractivity contribution is -0.146. The molecule has 1 saturated heterocycles. The van der Waals surface area contributed by atoms with Gasteiger partial charge in [0, 0.05) is 7.05 Å². The summed E-state index contributed by atoms with van der Waals surface area (Å²) in [6, 6.07) is 4.15. The Bertz CT molecular complexity index is 473. The van der Waals surface area contributed by atoms with Gasteiger partial charge < -0.3 is 0 Å². The van der Waals surface area contributed by atoms with E-state index < -0.39 is 0 Å². The number of nitrogens with zero attached hydrogens (tertiary/aromatic N) is 2. The van der Waals surface area contributed by atoms with Crippen molar-refractivity contribution in [1.82, 2.24) is 5.01 Å². The average Bonchev–Trinajstić information content (AvgIpc) is 2.26. The first kappa shape index (κ1) is 12.2. The standard InChI is InChI=1S/C13H19BN2O/c1-8-6-10(7-9(2)11(8)14)16-12(17)13(3,4)15(16)5/h6-7H,14H2,1-5H3. The lowest BCUT2D eigenvalue weighted by Crippen LogP contribution is -2.73. The van der Waals surface area contributed by atoms with Crippen LogP contribution in [0.3, 0.4) is 0 Å². The Labute approximate surface area is 104 Å². The molecule has 0 aromatic heterocycles. The third-order valence-electron chi connectivity index (χ3n) is 3.98. The summed E-state index contributed by atoms with van der Waals surface area (Å²) in [5.74, 6) is 0.155. The van der Waals surface area contributed by atoms with Gasteiger partial charge in [-0.15, -0.1) is 0 Å². The number of carbonyl (C=O) groups is 1. The Morgan fingerprint density at radius 2 is 1.65 bits per heavy atom. The van der Waals surface area contributed by atoms with Crippen molar-refractivity contribution in [1.29, 1.82) is 0 Å². The molecule has 1 aliphatic heterocycles. The molecule has 0 unspecified atom stereocenters. The number of amides is 1. The molecule has 0 atom stereocenters. The number of carbonyl (C=O) groups excluding carboxylic acids is 1. The van der Waals surface area contributed by atoms with Crippen molar-refractivity contribution in [2.45, 2.75) is 33.2 Å². The second kappa shape index (κ2) is 3.60. The summed E-state index contributed by atoms with van der Waals surface area (Å²) in [6.45, 7) is 8.06. The smallest absolute Gasteiger partial charge is 0.263 e. The molecule has 3 nitrogen and oxygen atoms in total. The van der Waals surface area contributed by atoms with Crippen molar-refractivity contribution in [3.05, 3.63) is 23.3 Å². The van der Waals surface area contributed by atoms with Gasteiger partial charge in [-0.1, -0.05) is 16.6 Å². The molecule has 17 heavy (non-hydrogen) atoms. The molecular weight excluding hydrogens is 211 g/mol. The number of hydrogen-bond donors (Lipinski definition) is 0. The fraction of sp³-hybridized carbons (Fsp3) is 0.462. The first-order chi connectivity index (χ1) is 7.76. The molecule has 1 aromatic carbocycles. The first-order valence-corrected chi connectivity index (χ1v) is 5.93. The average molecular weight is 230 g/mol. The van der Waals surface area contributed by atoms with Crippen LogP contribution >= 0.6 is 0 Å². The minimum absolute atomic E-state index is 0.155. The Morgan fingerprint density at radius 1 is 1.18 bits per heavy atom. The maximum atomic E-state index is 12.1. The first-order valence-electron chi connectivity index (χ1n) is 5.93. The fourth-order valence-electron chi connectivity index (χ4n) is 2.16. The lowest BCUT2D eigenvalue weighted by atomic mass is 9.86. The third-order valence-corrected chi connectivity index (χ3v) is 3.98.